The molecule has 5 nitrogen and oxygen atoms in total. The zero-order valence-corrected chi connectivity index (χ0v) is 23.1. The van der Waals surface area contributed by atoms with E-state index >= 15 is 0 Å². The zero-order chi connectivity index (χ0) is 25.2. The number of benzene rings is 1. The lowest BCUT2D eigenvalue weighted by Crippen LogP contribution is -2.48. The monoisotopic (exact) mass is 532 g/mol. The fraction of sp³-hybridized carbons (Fsp3) is 0.556. The molecule has 1 aromatic heterocycles. The fourth-order valence-corrected chi connectivity index (χ4v) is 6.88. The third-order valence-corrected chi connectivity index (χ3v) is 9.64. The number of anilines is 1. The second-order valence-electron chi connectivity index (χ2n) is 10.4. The minimum absolute atomic E-state index is 0.0419. The number of piperazine rings is 1. The summed E-state index contributed by atoms with van der Waals surface area (Å²) < 4.78 is 0. The van der Waals surface area contributed by atoms with Gasteiger partial charge < -0.3 is 5.32 Å². The van der Waals surface area contributed by atoms with Crippen LogP contribution in [0.4, 0.5) is 5.00 Å². The van der Waals surface area contributed by atoms with Gasteiger partial charge in [-0.15, -0.1) is 11.3 Å². The molecule has 0 spiro atoms. The Hall–Kier alpha value is -1.62. The summed E-state index contributed by atoms with van der Waals surface area (Å²) in [7, 11) is 0. The molecule has 2 aliphatic rings. The van der Waals surface area contributed by atoms with Crippen molar-refractivity contribution in [2.24, 2.45) is 11.3 Å². The Morgan fingerprint density at radius 2 is 1.94 bits per heavy atom. The van der Waals surface area contributed by atoms with Gasteiger partial charge in [0.1, 0.15) is 11.1 Å². The summed E-state index contributed by atoms with van der Waals surface area (Å²) >= 11 is 13.9. The van der Waals surface area contributed by atoms with E-state index < -0.39 is 0 Å². The SMILES string of the molecule is CCC(C)(C)C1CCc2c(sc(NC(=O)CN3CCN(Cc4ccc(Cl)cc4Cl)CC3)c2C#N)C1. The van der Waals surface area contributed by atoms with Crippen molar-refractivity contribution in [2.75, 3.05) is 38.0 Å². The van der Waals surface area contributed by atoms with Gasteiger partial charge in [-0.2, -0.15) is 5.26 Å². The number of carbonyl (C=O) groups is 1. The molecule has 4 rings (SSSR count). The van der Waals surface area contributed by atoms with Crippen LogP contribution in [0.15, 0.2) is 18.2 Å². The highest BCUT2D eigenvalue weighted by Gasteiger charge is 2.34. The van der Waals surface area contributed by atoms with Crippen LogP contribution in [0.2, 0.25) is 10.0 Å². The number of halogens is 2. The van der Waals surface area contributed by atoms with Crippen LogP contribution in [-0.2, 0) is 24.2 Å². The third-order valence-electron chi connectivity index (χ3n) is 7.89. The average molecular weight is 534 g/mol. The van der Waals surface area contributed by atoms with Gasteiger partial charge in [0, 0.05) is 47.6 Å². The fourth-order valence-electron chi connectivity index (χ4n) is 5.11. The number of nitrogens with zero attached hydrogens (tertiary/aromatic N) is 3. The van der Waals surface area contributed by atoms with E-state index in [2.05, 4.69) is 42.0 Å². The van der Waals surface area contributed by atoms with Gasteiger partial charge in [0.05, 0.1) is 12.1 Å². The zero-order valence-electron chi connectivity index (χ0n) is 20.8. The first-order chi connectivity index (χ1) is 16.7. The molecule has 1 unspecified atom stereocenters. The van der Waals surface area contributed by atoms with Crippen molar-refractivity contribution in [1.29, 1.82) is 5.26 Å². The third kappa shape index (κ3) is 6.21. The number of nitrogens with one attached hydrogen (secondary N) is 1. The molecule has 1 atom stereocenters. The molecule has 2 heterocycles. The average Bonchev–Trinajstić information content (AvgIpc) is 3.18. The lowest BCUT2D eigenvalue weighted by atomic mass is 9.69. The van der Waals surface area contributed by atoms with Crippen LogP contribution in [0.25, 0.3) is 0 Å². The first-order valence-electron chi connectivity index (χ1n) is 12.4. The Bertz CT molecular complexity index is 1120. The largest absolute Gasteiger partial charge is 0.315 e. The Kier molecular flexibility index (Phi) is 8.45. The Morgan fingerprint density at radius 1 is 1.23 bits per heavy atom. The van der Waals surface area contributed by atoms with Gasteiger partial charge in [0.25, 0.3) is 0 Å². The Balaban J connectivity index is 1.31. The van der Waals surface area contributed by atoms with E-state index in [1.165, 1.54) is 4.88 Å². The maximum Gasteiger partial charge on any atom is 0.239 e. The molecule has 35 heavy (non-hydrogen) atoms. The van der Waals surface area contributed by atoms with Gasteiger partial charge in [0.15, 0.2) is 0 Å². The van der Waals surface area contributed by atoms with Gasteiger partial charge in [-0.3, -0.25) is 14.6 Å². The number of rotatable bonds is 7. The lowest BCUT2D eigenvalue weighted by molar-refractivity contribution is -0.117. The highest BCUT2D eigenvalue weighted by Crippen LogP contribution is 2.45. The van der Waals surface area contributed by atoms with Crippen LogP contribution >= 0.6 is 34.5 Å². The molecule has 0 radical (unpaired) electrons. The number of amides is 1. The number of hydrogen-bond acceptors (Lipinski definition) is 5. The maximum absolute atomic E-state index is 12.9. The van der Waals surface area contributed by atoms with Crippen molar-refractivity contribution >= 4 is 45.4 Å². The summed E-state index contributed by atoms with van der Waals surface area (Å²) in [5.74, 6) is 0.576. The Morgan fingerprint density at radius 3 is 2.60 bits per heavy atom. The van der Waals surface area contributed by atoms with Crippen LogP contribution in [0, 0.1) is 22.7 Å². The molecule has 0 bridgehead atoms. The van der Waals surface area contributed by atoms with E-state index in [0.717, 1.165) is 74.5 Å². The normalized spacial score (nSPS) is 19.3. The molecule has 0 saturated carbocycles. The van der Waals surface area contributed by atoms with Crippen molar-refractivity contribution in [3.8, 4) is 6.07 Å². The maximum atomic E-state index is 12.9. The van der Waals surface area contributed by atoms with Crippen LogP contribution in [0.1, 0.15) is 55.2 Å². The van der Waals surface area contributed by atoms with Crippen LogP contribution < -0.4 is 5.32 Å². The summed E-state index contributed by atoms with van der Waals surface area (Å²) in [6.07, 6.45) is 4.19. The summed E-state index contributed by atoms with van der Waals surface area (Å²) in [6, 6.07) is 8.00. The van der Waals surface area contributed by atoms with Crippen molar-refractivity contribution in [3.05, 3.63) is 49.8 Å². The van der Waals surface area contributed by atoms with Crippen LogP contribution in [0.5, 0.6) is 0 Å². The van der Waals surface area contributed by atoms with E-state index in [0.29, 0.717) is 33.5 Å². The molecule has 1 aliphatic heterocycles. The minimum Gasteiger partial charge on any atom is -0.315 e. The minimum atomic E-state index is -0.0419. The second kappa shape index (κ2) is 11.2. The summed E-state index contributed by atoms with van der Waals surface area (Å²) in [6.45, 7) is 11.4. The lowest BCUT2D eigenvalue weighted by Gasteiger charge is -2.36. The molecule has 1 aliphatic carbocycles. The summed E-state index contributed by atoms with van der Waals surface area (Å²) in [5, 5.41) is 15.0. The van der Waals surface area contributed by atoms with Gasteiger partial charge in [-0.05, 0) is 53.9 Å². The van der Waals surface area contributed by atoms with Crippen LogP contribution in [-0.4, -0.2) is 48.4 Å². The summed E-state index contributed by atoms with van der Waals surface area (Å²) in [5.41, 5.74) is 3.19. The molecule has 8 heteroatoms. The Labute approximate surface area is 223 Å². The van der Waals surface area contributed by atoms with Crippen molar-refractivity contribution in [3.63, 3.8) is 0 Å². The topological polar surface area (TPSA) is 59.4 Å². The predicted octanol–water partition coefficient (Wildman–Crippen LogP) is 6.22. The first-order valence-corrected chi connectivity index (χ1v) is 14.0. The first kappa shape index (κ1) is 26.4. The molecule has 1 fully saturated rings. The van der Waals surface area contributed by atoms with E-state index in [4.69, 9.17) is 23.2 Å². The van der Waals surface area contributed by atoms with E-state index in [-0.39, 0.29) is 5.91 Å². The smallest absolute Gasteiger partial charge is 0.239 e. The molecule has 1 saturated heterocycles. The summed E-state index contributed by atoms with van der Waals surface area (Å²) in [4.78, 5) is 18.7. The molecule has 1 amide bonds. The molecular weight excluding hydrogens is 499 g/mol. The van der Waals surface area contributed by atoms with E-state index in [1.54, 1.807) is 17.4 Å². The number of carbonyl (C=O) groups excluding carboxylic acids is 1. The highest BCUT2D eigenvalue weighted by molar-refractivity contribution is 7.16. The predicted molar refractivity (Wildman–Crippen MR) is 145 cm³/mol. The molecular formula is C27H34Cl2N4OS. The molecule has 2 aromatic rings. The van der Waals surface area contributed by atoms with Gasteiger partial charge in [0.2, 0.25) is 5.91 Å². The number of nitriles is 1. The van der Waals surface area contributed by atoms with Gasteiger partial charge in [-0.1, -0.05) is 56.5 Å². The van der Waals surface area contributed by atoms with Crippen molar-refractivity contribution < 1.29 is 4.79 Å². The molecule has 1 aromatic carbocycles. The standard InChI is InChI=1S/C27H34Cl2N4OS/c1-4-27(2,3)19-6-8-21-22(15-30)26(35-24(21)13-19)31-25(34)17-33-11-9-32(10-12-33)16-18-5-7-20(28)14-23(18)29/h5,7,14,19H,4,6,8-13,16-17H2,1-3H3,(H,31,34). The van der Waals surface area contributed by atoms with Crippen molar-refractivity contribution in [2.45, 2.75) is 53.0 Å². The number of thiophene rings is 1. The number of fused-ring (bicyclic) bond motifs is 1. The quantitative estimate of drug-likeness (QED) is 0.459. The van der Waals surface area contributed by atoms with E-state index in [9.17, 15) is 10.1 Å². The highest BCUT2D eigenvalue weighted by atomic mass is 35.5. The van der Waals surface area contributed by atoms with Gasteiger partial charge >= 0.3 is 0 Å². The van der Waals surface area contributed by atoms with Crippen molar-refractivity contribution in [1.82, 2.24) is 9.80 Å². The van der Waals surface area contributed by atoms with E-state index in [1.807, 2.05) is 12.1 Å². The molecule has 188 valence electrons. The number of hydrogen-bond donors (Lipinski definition) is 1. The van der Waals surface area contributed by atoms with Crippen LogP contribution in [0.3, 0.4) is 0 Å². The van der Waals surface area contributed by atoms with Gasteiger partial charge in [-0.25, -0.2) is 0 Å². The second-order valence-corrected chi connectivity index (χ2v) is 12.4. The molecule has 1 N–H and O–H groups in total.